The Balaban J connectivity index is 1.37. The van der Waals surface area contributed by atoms with Crippen molar-refractivity contribution in [3.05, 3.63) is 73.3 Å². The molecule has 3 aromatic rings. The first-order chi connectivity index (χ1) is 18.1. The van der Waals surface area contributed by atoms with Gasteiger partial charge in [0.05, 0.1) is 22.6 Å². The van der Waals surface area contributed by atoms with E-state index in [1.165, 1.54) is 42.0 Å². The molecule has 0 spiro atoms. The number of hydrogen-bond acceptors (Lipinski definition) is 10. The fraction of sp³-hybridized carbons (Fsp3) is 0.400. The van der Waals surface area contributed by atoms with Crippen molar-refractivity contribution < 1.29 is 22.5 Å². The number of aromatic nitrogens is 2. The van der Waals surface area contributed by atoms with E-state index in [2.05, 4.69) is 59.5 Å². The molecule has 4 atom stereocenters. The van der Waals surface area contributed by atoms with Crippen LogP contribution in [0.1, 0.15) is 55.7 Å². The molecular formula is C25H28BrN5O5S2. The summed E-state index contributed by atoms with van der Waals surface area (Å²) in [7, 11) is -2.70. The van der Waals surface area contributed by atoms with Crippen molar-refractivity contribution in [3.8, 4) is 0 Å². The number of benzene rings is 1. The van der Waals surface area contributed by atoms with Gasteiger partial charge in [0.25, 0.3) is 0 Å². The van der Waals surface area contributed by atoms with Crippen LogP contribution in [0.2, 0.25) is 0 Å². The van der Waals surface area contributed by atoms with Gasteiger partial charge in [0, 0.05) is 35.2 Å². The number of aliphatic hydroxyl groups excluding tert-OH is 1. The Morgan fingerprint density at radius 3 is 2.87 bits per heavy atom. The van der Waals surface area contributed by atoms with Gasteiger partial charge in [0.15, 0.2) is 0 Å². The third-order valence-corrected chi connectivity index (χ3v) is 9.48. The van der Waals surface area contributed by atoms with Crippen LogP contribution in [-0.2, 0) is 20.9 Å². The minimum absolute atomic E-state index is 0.00975. The van der Waals surface area contributed by atoms with E-state index in [9.17, 15) is 18.3 Å². The number of fused-ring (bicyclic) bond motifs is 1. The van der Waals surface area contributed by atoms with Gasteiger partial charge in [-0.15, -0.1) is 11.3 Å². The molecule has 5 rings (SSSR count). The van der Waals surface area contributed by atoms with Crippen LogP contribution < -0.4 is 15.4 Å². The molecular weight excluding hydrogens is 594 g/mol. The molecule has 0 saturated heterocycles. The number of rotatable bonds is 8. The number of carbonyl (C=O) groups excluding carboxylic acids is 1. The van der Waals surface area contributed by atoms with E-state index in [-0.39, 0.29) is 30.7 Å². The third kappa shape index (κ3) is 5.69. The number of hydrogen-bond donors (Lipinski definition) is 4. The van der Waals surface area contributed by atoms with Crippen molar-refractivity contribution in [3.63, 3.8) is 0 Å². The second kappa shape index (κ2) is 11.1. The van der Waals surface area contributed by atoms with Crippen molar-refractivity contribution in [2.45, 2.75) is 50.5 Å². The lowest BCUT2D eigenvalue weighted by Gasteiger charge is -2.27. The number of carbonyl (C=O) groups is 1. The molecule has 1 aliphatic carbocycles. The minimum Gasteiger partial charge on any atom is -0.390 e. The Kier molecular flexibility index (Phi) is 7.96. The average Bonchev–Trinajstić information content (AvgIpc) is 3.44. The Morgan fingerprint density at radius 1 is 1.26 bits per heavy atom. The van der Waals surface area contributed by atoms with E-state index >= 15 is 0 Å². The summed E-state index contributed by atoms with van der Waals surface area (Å²) in [5, 5.41) is 17.1. The molecule has 2 aromatic heterocycles. The first-order valence-electron chi connectivity index (χ1n) is 12.2. The van der Waals surface area contributed by atoms with Crippen molar-refractivity contribution in [1.29, 1.82) is 0 Å². The largest absolute Gasteiger partial charge is 0.390 e. The number of anilines is 1. The second-order valence-electron chi connectivity index (χ2n) is 9.39. The second-order valence-corrected chi connectivity index (χ2v) is 13.1. The summed E-state index contributed by atoms with van der Waals surface area (Å²) in [6.07, 6.45) is 2.35. The molecule has 1 fully saturated rings. The van der Waals surface area contributed by atoms with Crippen LogP contribution in [0.25, 0.3) is 0 Å². The van der Waals surface area contributed by atoms with Gasteiger partial charge in [0.1, 0.15) is 18.2 Å². The molecule has 1 saturated carbocycles. The van der Waals surface area contributed by atoms with Gasteiger partial charge in [-0.25, -0.2) is 9.97 Å². The summed E-state index contributed by atoms with van der Waals surface area (Å²) in [6.45, 7) is 2.87. The van der Waals surface area contributed by atoms with Crippen molar-refractivity contribution >= 4 is 49.2 Å². The van der Waals surface area contributed by atoms with E-state index in [1.54, 1.807) is 0 Å². The summed E-state index contributed by atoms with van der Waals surface area (Å²) in [5.41, 5.74) is 3.87. The number of nitrogens with zero attached hydrogens (tertiary/aromatic N) is 2. The summed E-state index contributed by atoms with van der Waals surface area (Å²) >= 11 is 5.01. The first kappa shape index (κ1) is 27.3. The van der Waals surface area contributed by atoms with Crippen LogP contribution in [-0.4, -0.2) is 61.1 Å². The zero-order valence-electron chi connectivity index (χ0n) is 20.8. The van der Waals surface area contributed by atoms with E-state index in [1.807, 2.05) is 13.0 Å². The van der Waals surface area contributed by atoms with Gasteiger partial charge in [0.2, 0.25) is 5.78 Å². The van der Waals surface area contributed by atoms with Gasteiger partial charge < -0.3 is 15.7 Å². The van der Waals surface area contributed by atoms with Crippen LogP contribution in [0, 0.1) is 6.92 Å². The maximum Gasteiger partial charge on any atom is 0.335 e. The number of ketones is 1. The molecule has 10 nitrogen and oxygen atoms in total. The Morgan fingerprint density at radius 2 is 2.08 bits per heavy atom. The molecule has 3 heterocycles. The third-order valence-electron chi connectivity index (χ3n) is 6.92. The molecule has 4 N–H and O–H groups in total. The first-order valence-corrected chi connectivity index (χ1v) is 15.2. The smallest absolute Gasteiger partial charge is 0.335 e. The van der Waals surface area contributed by atoms with Gasteiger partial charge in [-0.05, 0) is 61.1 Å². The van der Waals surface area contributed by atoms with Crippen LogP contribution >= 0.6 is 27.3 Å². The maximum absolute atomic E-state index is 13.6. The molecule has 13 heteroatoms. The van der Waals surface area contributed by atoms with Gasteiger partial charge in [-0.3, -0.25) is 8.98 Å². The van der Waals surface area contributed by atoms with Crippen LogP contribution in [0.4, 0.5) is 5.82 Å². The molecule has 1 aromatic carbocycles. The quantitative estimate of drug-likeness (QED) is 0.279. The summed E-state index contributed by atoms with van der Waals surface area (Å²) < 4.78 is 31.7. The van der Waals surface area contributed by atoms with Gasteiger partial charge in [-0.1, -0.05) is 22.0 Å². The van der Waals surface area contributed by atoms with Gasteiger partial charge in [-0.2, -0.15) is 13.1 Å². The lowest BCUT2D eigenvalue weighted by atomic mass is 9.90. The summed E-state index contributed by atoms with van der Waals surface area (Å²) in [5.74, 6) is 0.124. The van der Waals surface area contributed by atoms with E-state index in [0.717, 1.165) is 27.9 Å². The topological polar surface area (TPSA) is 143 Å². The minimum atomic E-state index is -3.95. The molecule has 1 aliphatic heterocycles. The predicted octanol–water partition coefficient (Wildman–Crippen LogP) is 2.86. The van der Waals surface area contributed by atoms with E-state index in [0.29, 0.717) is 16.3 Å². The maximum atomic E-state index is 13.6. The predicted molar refractivity (Wildman–Crippen MR) is 148 cm³/mol. The summed E-state index contributed by atoms with van der Waals surface area (Å²) in [4.78, 5) is 23.6. The lowest BCUT2D eigenvalue weighted by molar-refractivity contribution is 0.0636. The molecule has 38 heavy (non-hydrogen) atoms. The van der Waals surface area contributed by atoms with Crippen LogP contribution in [0.15, 0.2) is 41.3 Å². The molecule has 0 unspecified atom stereocenters. The van der Waals surface area contributed by atoms with Crippen LogP contribution in [0.3, 0.4) is 0 Å². The van der Waals surface area contributed by atoms with Crippen molar-refractivity contribution in [2.75, 3.05) is 18.9 Å². The average molecular weight is 623 g/mol. The highest BCUT2D eigenvalue weighted by molar-refractivity contribution is 9.10. The van der Waals surface area contributed by atoms with Gasteiger partial charge >= 0.3 is 10.3 Å². The fourth-order valence-electron chi connectivity index (χ4n) is 5.04. The monoisotopic (exact) mass is 621 g/mol. The number of nitrogens with one attached hydrogen (secondary N) is 3. The number of aryl methyl sites for hydroxylation is 1. The zero-order valence-corrected chi connectivity index (χ0v) is 24.0. The Labute approximate surface area is 233 Å². The van der Waals surface area contributed by atoms with Crippen molar-refractivity contribution in [2.24, 2.45) is 0 Å². The summed E-state index contributed by atoms with van der Waals surface area (Å²) in [6, 6.07) is 7.92. The molecule has 0 bridgehead atoms. The highest BCUT2D eigenvalue weighted by atomic mass is 79.9. The SMILES string of the molecule is CNS(=O)(=O)O[C@@H]1C[C@H](Nc2ncncc2C(=O)c2cc([C@@H]3NCCc4ccc(Br)cc43)c(C)s2)C[C@@H]1O. The number of aliphatic hydroxyl groups is 1. The number of halogens is 1. The van der Waals surface area contributed by atoms with Crippen LogP contribution in [0.5, 0.6) is 0 Å². The molecule has 0 amide bonds. The van der Waals surface area contributed by atoms with E-state index in [4.69, 9.17) is 4.18 Å². The Hall–Kier alpha value is -2.26. The standard InChI is InChI=1S/C25H28BrN5O5S2/c1-13-17(23-18-7-15(26)4-3-14(18)5-6-29-23)10-22(37-13)24(33)19-11-28-12-30-25(19)31-16-8-20(32)21(9-16)36-38(34,35)27-2/h3-4,7,10-12,16,20-21,23,27,29,32H,5-6,8-9H2,1-2H3,(H,28,30,31)/t16-,20+,21-,23+/m1/s1. The fourth-order valence-corrected chi connectivity index (χ4v) is 7.06. The van der Waals surface area contributed by atoms with Crippen molar-refractivity contribution in [1.82, 2.24) is 20.0 Å². The normalized spacial score (nSPS) is 23.3. The van der Waals surface area contributed by atoms with E-state index < -0.39 is 22.5 Å². The molecule has 2 aliphatic rings. The lowest BCUT2D eigenvalue weighted by Crippen LogP contribution is -2.31. The molecule has 202 valence electrons. The number of thiophene rings is 1. The zero-order chi connectivity index (χ0) is 27.0. The highest BCUT2D eigenvalue weighted by Gasteiger charge is 2.37. The Bertz CT molecular complexity index is 1460. The highest BCUT2D eigenvalue weighted by Crippen LogP contribution is 2.37. The molecule has 0 radical (unpaired) electrons.